The van der Waals surface area contributed by atoms with Crippen LogP contribution in [0.3, 0.4) is 0 Å². The summed E-state index contributed by atoms with van der Waals surface area (Å²) in [6.07, 6.45) is 5.99. The summed E-state index contributed by atoms with van der Waals surface area (Å²) in [7, 11) is 1.33. The van der Waals surface area contributed by atoms with Gasteiger partial charge in [0.1, 0.15) is 0 Å². The van der Waals surface area contributed by atoms with Crippen molar-refractivity contribution in [2.45, 2.75) is 58.4 Å². The zero-order chi connectivity index (χ0) is 21.7. The highest BCUT2D eigenvalue weighted by Gasteiger charge is 2.36. The first kappa shape index (κ1) is 21.9. The molecule has 1 aliphatic heterocycles. The molecule has 0 aromatic heterocycles. The fourth-order valence-corrected chi connectivity index (χ4v) is 4.30. The predicted octanol–water partition coefficient (Wildman–Crippen LogP) is 4.13. The molecule has 1 aromatic rings. The molecule has 1 aromatic carbocycles. The molecule has 0 unspecified atom stereocenters. The highest BCUT2D eigenvalue weighted by molar-refractivity contribution is 5.95. The van der Waals surface area contributed by atoms with Gasteiger partial charge in [-0.25, -0.2) is 9.59 Å². The lowest BCUT2D eigenvalue weighted by Crippen LogP contribution is -2.48. The lowest BCUT2D eigenvalue weighted by atomic mass is 9.88. The number of hydrogen-bond donors (Lipinski definition) is 2. The van der Waals surface area contributed by atoms with Gasteiger partial charge in [0.25, 0.3) is 0 Å². The van der Waals surface area contributed by atoms with Crippen molar-refractivity contribution in [2.24, 2.45) is 5.92 Å². The number of carbonyl (C=O) groups is 3. The fourth-order valence-electron chi connectivity index (χ4n) is 4.30. The molecule has 3 amide bonds. The van der Waals surface area contributed by atoms with Crippen molar-refractivity contribution >= 4 is 23.6 Å². The number of benzene rings is 1. The predicted molar refractivity (Wildman–Crippen MR) is 115 cm³/mol. The van der Waals surface area contributed by atoms with Crippen molar-refractivity contribution in [3.63, 3.8) is 0 Å². The summed E-state index contributed by atoms with van der Waals surface area (Å²) in [5.74, 6) is -0.393. The largest absolute Gasteiger partial charge is 0.466 e. The van der Waals surface area contributed by atoms with E-state index in [9.17, 15) is 14.4 Å². The number of carbonyl (C=O) groups excluding carboxylic acids is 3. The van der Waals surface area contributed by atoms with Crippen LogP contribution in [0.15, 0.2) is 35.5 Å². The van der Waals surface area contributed by atoms with Gasteiger partial charge >= 0.3 is 12.0 Å². The van der Waals surface area contributed by atoms with Gasteiger partial charge in [-0.15, -0.1) is 0 Å². The molecule has 1 aliphatic carbocycles. The zero-order valence-corrected chi connectivity index (χ0v) is 18.0. The van der Waals surface area contributed by atoms with Gasteiger partial charge in [0, 0.05) is 23.8 Å². The Bertz CT molecular complexity index is 843. The topological polar surface area (TPSA) is 87.7 Å². The highest BCUT2D eigenvalue weighted by Crippen LogP contribution is 2.33. The average molecular weight is 414 g/mol. The van der Waals surface area contributed by atoms with Crippen molar-refractivity contribution in [2.75, 3.05) is 19.0 Å². The molecule has 1 heterocycles. The first-order chi connectivity index (χ1) is 14.5. The van der Waals surface area contributed by atoms with E-state index >= 15 is 0 Å². The van der Waals surface area contributed by atoms with Crippen molar-refractivity contribution in [3.05, 3.63) is 41.1 Å². The van der Waals surface area contributed by atoms with Gasteiger partial charge in [-0.3, -0.25) is 9.69 Å². The summed E-state index contributed by atoms with van der Waals surface area (Å²) in [6, 6.07) is 6.42. The molecule has 1 fully saturated rings. The van der Waals surface area contributed by atoms with E-state index in [0.29, 0.717) is 23.5 Å². The molecule has 2 N–H and O–H groups in total. The Balaban J connectivity index is 1.88. The maximum atomic E-state index is 12.7. The molecule has 0 radical (unpaired) electrons. The molecule has 7 heteroatoms. The number of amides is 3. The smallest absolute Gasteiger partial charge is 0.337 e. The van der Waals surface area contributed by atoms with E-state index in [-0.39, 0.29) is 17.9 Å². The monoisotopic (exact) mass is 413 g/mol. The van der Waals surface area contributed by atoms with E-state index in [0.717, 1.165) is 37.7 Å². The Morgan fingerprint density at radius 3 is 2.63 bits per heavy atom. The Morgan fingerprint density at radius 1 is 1.23 bits per heavy atom. The van der Waals surface area contributed by atoms with Crippen LogP contribution in [0.5, 0.6) is 0 Å². The first-order valence-electron chi connectivity index (χ1n) is 10.7. The van der Waals surface area contributed by atoms with Crippen LogP contribution < -0.4 is 10.6 Å². The van der Waals surface area contributed by atoms with Gasteiger partial charge in [0.2, 0.25) is 5.91 Å². The number of allylic oxidation sites excluding steroid dienone is 1. The quantitative estimate of drug-likeness (QED) is 0.687. The molecule has 30 heavy (non-hydrogen) atoms. The van der Waals surface area contributed by atoms with Gasteiger partial charge < -0.3 is 15.4 Å². The Morgan fingerprint density at radius 2 is 1.97 bits per heavy atom. The molecule has 2 aliphatic rings. The number of anilines is 1. The molecule has 0 bridgehead atoms. The summed E-state index contributed by atoms with van der Waals surface area (Å²) in [4.78, 5) is 39.4. The van der Waals surface area contributed by atoms with Gasteiger partial charge in [0.15, 0.2) is 0 Å². The summed E-state index contributed by atoms with van der Waals surface area (Å²) < 4.78 is 5.00. The van der Waals surface area contributed by atoms with E-state index in [1.165, 1.54) is 13.5 Å². The third-order valence-electron chi connectivity index (χ3n) is 5.91. The van der Waals surface area contributed by atoms with Gasteiger partial charge in [-0.1, -0.05) is 38.3 Å². The maximum Gasteiger partial charge on any atom is 0.337 e. The van der Waals surface area contributed by atoms with Crippen LogP contribution in [-0.4, -0.2) is 36.5 Å². The summed E-state index contributed by atoms with van der Waals surface area (Å²) in [5.41, 5.74) is 2.38. The number of nitrogens with zero attached hydrogens (tertiary/aromatic N) is 1. The van der Waals surface area contributed by atoms with Crippen molar-refractivity contribution in [3.8, 4) is 0 Å². The maximum absolute atomic E-state index is 12.7. The van der Waals surface area contributed by atoms with E-state index in [2.05, 4.69) is 10.6 Å². The van der Waals surface area contributed by atoms with E-state index in [1.807, 2.05) is 31.2 Å². The van der Waals surface area contributed by atoms with Crippen molar-refractivity contribution in [1.29, 1.82) is 0 Å². The third-order valence-corrected chi connectivity index (χ3v) is 5.91. The minimum absolute atomic E-state index is 0.0357. The van der Waals surface area contributed by atoms with Crippen LogP contribution in [0.1, 0.15) is 64.0 Å². The molecule has 0 spiro atoms. The van der Waals surface area contributed by atoms with Crippen LogP contribution in [-0.2, 0) is 14.3 Å². The summed E-state index contributed by atoms with van der Waals surface area (Å²) in [6.45, 7) is 4.26. The standard InChI is InChI=1S/C23H31N3O4/c1-4-13-26-15(2)19(22(28)30-3)20(25-23(26)29)17-11-8-12-18(14-17)24-21(27)16-9-6-5-7-10-16/h8,11-12,14,16,20H,4-7,9-10,13H2,1-3H3,(H,24,27)(H,25,29)/t20-/m1/s1. The van der Waals surface area contributed by atoms with E-state index in [4.69, 9.17) is 4.74 Å². The number of hydrogen-bond acceptors (Lipinski definition) is 4. The van der Waals surface area contributed by atoms with Crippen LogP contribution in [0.2, 0.25) is 0 Å². The second kappa shape index (κ2) is 9.78. The Labute approximate surface area is 177 Å². The number of urea groups is 1. The third kappa shape index (κ3) is 4.66. The van der Waals surface area contributed by atoms with Gasteiger partial charge in [-0.2, -0.15) is 0 Å². The van der Waals surface area contributed by atoms with Crippen LogP contribution >= 0.6 is 0 Å². The Hall–Kier alpha value is -2.83. The number of ether oxygens (including phenoxy) is 1. The lowest BCUT2D eigenvalue weighted by Gasteiger charge is -2.35. The second-order valence-electron chi connectivity index (χ2n) is 7.97. The second-order valence-corrected chi connectivity index (χ2v) is 7.97. The van der Waals surface area contributed by atoms with Crippen LogP contribution in [0.25, 0.3) is 0 Å². The minimum Gasteiger partial charge on any atom is -0.466 e. The molecular weight excluding hydrogens is 382 g/mol. The number of nitrogens with one attached hydrogen (secondary N) is 2. The van der Waals surface area contributed by atoms with E-state index < -0.39 is 12.0 Å². The minimum atomic E-state index is -0.635. The van der Waals surface area contributed by atoms with Crippen LogP contribution in [0, 0.1) is 5.92 Å². The molecule has 7 nitrogen and oxygen atoms in total. The molecule has 0 saturated heterocycles. The Kier molecular flexibility index (Phi) is 7.13. The van der Waals surface area contributed by atoms with Crippen molar-refractivity contribution in [1.82, 2.24) is 10.2 Å². The number of rotatable bonds is 6. The van der Waals surface area contributed by atoms with Crippen LogP contribution in [0.4, 0.5) is 10.5 Å². The van der Waals surface area contributed by atoms with Gasteiger partial charge in [-0.05, 0) is 43.9 Å². The zero-order valence-electron chi connectivity index (χ0n) is 18.0. The highest BCUT2D eigenvalue weighted by atomic mass is 16.5. The van der Waals surface area contributed by atoms with Crippen molar-refractivity contribution < 1.29 is 19.1 Å². The summed E-state index contributed by atoms with van der Waals surface area (Å²) in [5, 5.41) is 5.93. The summed E-state index contributed by atoms with van der Waals surface area (Å²) >= 11 is 0. The van der Waals surface area contributed by atoms with E-state index in [1.54, 1.807) is 11.8 Å². The normalized spacial score (nSPS) is 20.0. The molecular formula is C23H31N3O4. The first-order valence-corrected chi connectivity index (χ1v) is 10.7. The number of methoxy groups -OCH3 is 1. The molecule has 162 valence electrons. The average Bonchev–Trinajstić information content (AvgIpc) is 2.76. The van der Waals surface area contributed by atoms with Gasteiger partial charge in [0.05, 0.1) is 18.7 Å². The molecule has 1 atom stereocenters. The number of esters is 1. The SMILES string of the molecule is CCCN1C(=O)N[C@H](c2cccc(NC(=O)C3CCCCC3)c2)C(C(=O)OC)=C1C. The lowest BCUT2D eigenvalue weighted by molar-refractivity contribution is -0.136. The fraction of sp³-hybridized carbons (Fsp3) is 0.522. The molecule has 3 rings (SSSR count). The molecule has 1 saturated carbocycles.